The average Bonchev–Trinajstić information content (AvgIpc) is 2.79. The van der Waals surface area contributed by atoms with Crippen LogP contribution in [0.1, 0.15) is 6.42 Å². The Kier molecular flexibility index (Phi) is 4.79. The average molecular weight is 354 g/mol. The van der Waals surface area contributed by atoms with E-state index in [1.807, 2.05) is 0 Å². The molecule has 2 rings (SSSR count). The molecule has 0 aliphatic carbocycles. The summed E-state index contributed by atoms with van der Waals surface area (Å²) in [5, 5.41) is 9.99. The zero-order valence-corrected chi connectivity index (χ0v) is 13.3. The van der Waals surface area contributed by atoms with Crippen LogP contribution in [0.25, 0.3) is 0 Å². The summed E-state index contributed by atoms with van der Waals surface area (Å²) in [4.78, 5) is 11.6. The van der Waals surface area contributed by atoms with Gasteiger partial charge in [-0.2, -0.15) is 4.31 Å². The van der Waals surface area contributed by atoms with Gasteiger partial charge in [0.1, 0.15) is 6.04 Å². The van der Waals surface area contributed by atoms with Crippen LogP contribution < -0.4 is 0 Å². The maximum atomic E-state index is 12.6. The lowest BCUT2D eigenvalue weighted by Gasteiger charge is -2.22. The van der Waals surface area contributed by atoms with E-state index >= 15 is 0 Å². The number of methoxy groups -OCH3 is 1. The van der Waals surface area contributed by atoms with Crippen molar-refractivity contribution in [2.75, 3.05) is 13.7 Å². The minimum Gasteiger partial charge on any atom is -0.468 e. The smallest absolute Gasteiger partial charge is 0.324 e. The number of hydrogen-bond donors (Lipinski definition) is 1. The Morgan fingerprint density at radius 3 is 2.43 bits per heavy atom. The van der Waals surface area contributed by atoms with Crippen molar-refractivity contribution < 1.29 is 23.1 Å². The Morgan fingerprint density at radius 1 is 1.33 bits per heavy atom. The summed E-state index contributed by atoms with van der Waals surface area (Å²) in [6.07, 6.45) is -0.946. The van der Waals surface area contributed by atoms with Gasteiger partial charge in [0, 0.05) is 23.0 Å². The SMILES string of the molecule is COC(=O)C1CC(O)CN1S(=O)(=O)c1cc(Cl)cc(Cl)c1. The molecule has 116 valence electrons. The van der Waals surface area contributed by atoms with E-state index in [0.29, 0.717) is 0 Å². The van der Waals surface area contributed by atoms with E-state index in [1.54, 1.807) is 0 Å². The van der Waals surface area contributed by atoms with Crippen LogP contribution in [0.3, 0.4) is 0 Å². The molecule has 21 heavy (non-hydrogen) atoms. The molecule has 0 spiro atoms. The predicted octanol–water partition coefficient (Wildman–Crippen LogP) is 1.29. The first kappa shape index (κ1) is 16.5. The van der Waals surface area contributed by atoms with Gasteiger partial charge in [0.05, 0.1) is 18.1 Å². The van der Waals surface area contributed by atoms with Crippen molar-refractivity contribution in [2.24, 2.45) is 0 Å². The number of aliphatic hydroxyl groups excluding tert-OH is 1. The van der Waals surface area contributed by atoms with Crippen molar-refractivity contribution in [1.82, 2.24) is 4.31 Å². The fourth-order valence-electron chi connectivity index (χ4n) is 2.21. The molecule has 1 aliphatic rings. The summed E-state index contributed by atoms with van der Waals surface area (Å²) >= 11 is 11.6. The summed E-state index contributed by atoms with van der Waals surface area (Å²) in [7, 11) is -2.86. The number of aliphatic hydroxyl groups is 1. The third kappa shape index (κ3) is 3.32. The fraction of sp³-hybridized carbons (Fsp3) is 0.417. The number of nitrogens with zero attached hydrogens (tertiary/aromatic N) is 1. The maximum Gasteiger partial charge on any atom is 0.324 e. The second-order valence-electron chi connectivity index (χ2n) is 4.61. The molecular formula is C12H13Cl2NO5S. The molecule has 1 aromatic carbocycles. The molecular weight excluding hydrogens is 341 g/mol. The van der Waals surface area contributed by atoms with Crippen LogP contribution in [0.15, 0.2) is 23.1 Å². The van der Waals surface area contributed by atoms with Crippen molar-refractivity contribution in [3.8, 4) is 0 Å². The summed E-state index contributed by atoms with van der Waals surface area (Å²) in [6, 6.07) is 2.82. The quantitative estimate of drug-likeness (QED) is 0.827. The lowest BCUT2D eigenvalue weighted by Crippen LogP contribution is -2.41. The van der Waals surface area contributed by atoms with Crippen molar-refractivity contribution in [3.05, 3.63) is 28.2 Å². The molecule has 9 heteroatoms. The molecule has 1 fully saturated rings. The Bertz CT molecular complexity index is 643. The van der Waals surface area contributed by atoms with Gasteiger partial charge in [-0.3, -0.25) is 4.79 Å². The number of ether oxygens (including phenoxy) is 1. The van der Waals surface area contributed by atoms with Crippen LogP contribution in [-0.4, -0.2) is 49.6 Å². The van der Waals surface area contributed by atoms with E-state index in [2.05, 4.69) is 4.74 Å². The molecule has 1 aromatic rings. The van der Waals surface area contributed by atoms with Gasteiger partial charge >= 0.3 is 5.97 Å². The van der Waals surface area contributed by atoms with Gasteiger partial charge in [-0.25, -0.2) is 8.42 Å². The topological polar surface area (TPSA) is 83.9 Å². The van der Waals surface area contributed by atoms with Crippen molar-refractivity contribution in [1.29, 1.82) is 0 Å². The van der Waals surface area contributed by atoms with Gasteiger partial charge in [0.15, 0.2) is 0 Å². The number of carbonyl (C=O) groups excluding carboxylic acids is 1. The van der Waals surface area contributed by atoms with E-state index < -0.39 is 28.1 Å². The highest BCUT2D eigenvalue weighted by Gasteiger charge is 2.44. The standard InChI is InChI=1S/C12H13Cl2NO5S/c1-20-12(17)11-5-9(16)6-15(11)21(18,19)10-3-7(13)2-8(14)4-10/h2-4,9,11,16H,5-6H2,1H3. The first-order chi connectivity index (χ1) is 9.75. The number of β-amino-alcohol motifs (C(OH)–C–C–N with tert-alkyl or cyclic N) is 1. The zero-order valence-electron chi connectivity index (χ0n) is 11.0. The number of rotatable bonds is 3. The molecule has 1 heterocycles. The predicted molar refractivity (Wildman–Crippen MR) is 76.8 cm³/mol. The van der Waals surface area contributed by atoms with Crippen molar-refractivity contribution in [3.63, 3.8) is 0 Å². The number of hydrogen-bond acceptors (Lipinski definition) is 5. The number of sulfonamides is 1. The van der Waals surface area contributed by atoms with Gasteiger partial charge in [0.2, 0.25) is 10.0 Å². The lowest BCUT2D eigenvalue weighted by molar-refractivity contribution is -0.144. The Balaban J connectivity index is 2.44. The Labute approximate surface area is 132 Å². The highest BCUT2D eigenvalue weighted by molar-refractivity contribution is 7.89. The van der Waals surface area contributed by atoms with E-state index in [1.165, 1.54) is 18.2 Å². The molecule has 0 amide bonds. The Hall–Kier alpha value is -0.860. The molecule has 6 nitrogen and oxygen atoms in total. The summed E-state index contributed by atoms with van der Waals surface area (Å²) in [6.45, 7) is -0.188. The molecule has 1 saturated heterocycles. The minimum atomic E-state index is -4.02. The lowest BCUT2D eigenvalue weighted by atomic mass is 10.2. The largest absolute Gasteiger partial charge is 0.468 e. The highest BCUT2D eigenvalue weighted by Crippen LogP contribution is 2.30. The molecule has 2 atom stereocenters. The molecule has 1 aliphatic heterocycles. The van der Waals surface area contributed by atoms with Crippen LogP contribution in [0.4, 0.5) is 0 Å². The number of benzene rings is 1. The van der Waals surface area contributed by atoms with Crippen LogP contribution in [-0.2, 0) is 19.6 Å². The van der Waals surface area contributed by atoms with E-state index in [9.17, 15) is 18.3 Å². The molecule has 1 N–H and O–H groups in total. The third-order valence-corrected chi connectivity index (χ3v) is 5.44. The van der Waals surface area contributed by atoms with Crippen molar-refractivity contribution in [2.45, 2.75) is 23.5 Å². The van der Waals surface area contributed by atoms with Crippen LogP contribution in [0.5, 0.6) is 0 Å². The Morgan fingerprint density at radius 2 is 1.90 bits per heavy atom. The zero-order chi connectivity index (χ0) is 15.8. The van der Waals surface area contributed by atoms with E-state index in [4.69, 9.17) is 23.2 Å². The molecule has 2 unspecified atom stereocenters. The minimum absolute atomic E-state index is 0.0137. The fourth-order valence-corrected chi connectivity index (χ4v) is 4.57. The molecule has 0 saturated carbocycles. The number of carbonyl (C=O) groups is 1. The van der Waals surface area contributed by atoms with E-state index in [-0.39, 0.29) is 27.9 Å². The van der Waals surface area contributed by atoms with Crippen LogP contribution in [0.2, 0.25) is 10.0 Å². The summed E-state index contributed by atoms with van der Waals surface area (Å²) < 4.78 is 30.7. The monoisotopic (exact) mass is 353 g/mol. The number of halogens is 2. The second kappa shape index (κ2) is 6.10. The third-order valence-electron chi connectivity index (χ3n) is 3.15. The van der Waals surface area contributed by atoms with Gasteiger partial charge in [-0.05, 0) is 18.2 Å². The first-order valence-electron chi connectivity index (χ1n) is 5.99. The van der Waals surface area contributed by atoms with Crippen LogP contribution in [0, 0.1) is 0 Å². The number of esters is 1. The van der Waals surface area contributed by atoms with Crippen LogP contribution >= 0.6 is 23.2 Å². The molecule has 0 bridgehead atoms. The molecule has 0 radical (unpaired) electrons. The summed E-state index contributed by atoms with van der Waals surface area (Å²) in [5.41, 5.74) is 0. The second-order valence-corrected chi connectivity index (χ2v) is 7.37. The van der Waals surface area contributed by atoms with Gasteiger partial charge < -0.3 is 9.84 Å². The normalized spacial score (nSPS) is 23.2. The van der Waals surface area contributed by atoms with E-state index in [0.717, 1.165) is 11.4 Å². The van der Waals surface area contributed by atoms with Gasteiger partial charge in [-0.15, -0.1) is 0 Å². The maximum absolute atomic E-state index is 12.6. The van der Waals surface area contributed by atoms with Gasteiger partial charge in [0.25, 0.3) is 0 Å². The van der Waals surface area contributed by atoms with Gasteiger partial charge in [-0.1, -0.05) is 23.2 Å². The first-order valence-corrected chi connectivity index (χ1v) is 8.19. The van der Waals surface area contributed by atoms with Crippen molar-refractivity contribution >= 4 is 39.2 Å². The highest BCUT2D eigenvalue weighted by atomic mass is 35.5. The molecule has 0 aromatic heterocycles. The summed E-state index contributed by atoms with van der Waals surface area (Å²) in [5.74, 6) is -0.719.